The lowest BCUT2D eigenvalue weighted by atomic mass is 9.38. The van der Waals surface area contributed by atoms with Crippen LogP contribution in [0.4, 0.5) is 0 Å². The van der Waals surface area contributed by atoms with E-state index in [0.29, 0.717) is 25.7 Å². The van der Waals surface area contributed by atoms with Gasteiger partial charge in [0.25, 0.3) is 0 Å². The van der Waals surface area contributed by atoms with Crippen molar-refractivity contribution in [2.75, 3.05) is 39.6 Å². The van der Waals surface area contributed by atoms with Gasteiger partial charge in [-0.2, -0.15) is 0 Å². The number of hydrogen-bond acceptors (Lipinski definition) is 33. The highest BCUT2D eigenvalue weighted by Crippen LogP contribution is 2.74. The van der Waals surface area contributed by atoms with E-state index in [1.165, 1.54) is 13.8 Å². The molecule has 6 saturated heterocycles. The lowest BCUT2D eigenvalue weighted by Crippen LogP contribution is -2.64. The molecule has 100 heavy (non-hydrogen) atoms. The first kappa shape index (κ1) is 80.7. The van der Waals surface area contributed by atoms with Crippen LogP contribution in [0.3, 0.4) is 0 Å². The Labute approximate surface area is 579 Å². The number of aliphatic hydroxyl groups excluding tert-OH is 19. The molecule has 578 valence electrons. The molecule has 0 aromatic heterocycles. The zero-order valence-corrected chi connectivity index (χ0v) is 57.8. The Morgan fingerprint density at radius 1 is 0.530 bits per heavy atom. The van der Waals surface area contributed by atoms with Crippen molar-refractivity contribution in [1.29, 1.82) is 0 Å². The molecule has 33 heteroatoms. The summed E-state index contributed by atoms with van der Waals surface area (Å²) < 4.78 is 71.1. The molecule has 0 spiro atoms. The van der Waals surface area contributed by atoms with Gasteiger partial charge in [0.05, 0.1) is 75.8 Å². The minimum absolute atomic E-state index is 0.00626. The number of carbonyl (C=O) groups excluding carboxylic acids is 1. The zero-order chi connectivity index (χ0) is 73.4. The molecule has 0 aromatic rings. The van der Waals surface area contributed by atoms with Gasteiger partial charge in [-0.25, -0.2) is 0 Å². The first-order chi connectivity index (χ1) is 46.9. The fraction of sp³-hybridized carbons (Fsp3) is 0.955. The van der Waals surface area contributed by atoms with Gasteiger partial charge in [-0.15, -0.1) is 0 Å². The Morgan fingerprint density at radius 3 is 1.57 bits per heavy atom. The molecule has 6 aliphatic heterocycles. The number of aliphatic hydroxyl groups is 20. The molecule has 0 bridgehead atoms. The van der Waals surface area contributed by atoms with Crippen molar-refractivity contribution in [3.05, 3.63) is 11.6 Å². The summed E-state index contributed by atoms with van der Waals surface area (Å²) in [4.78, 5) is 15.5. The van der Waals surface area contributed by atoms with Gasteiger partial charge in [0.1, 0.15) is 128 Å². The second-order valence-electron chi connectivity index (χ2n) is 31.6. The van der Waals surface area contributed by atoms with E-state index in [1.807, 2.05) is 13.8 Å². The number of rotatable bonds is 24. The number of carbonyl (C=O) groups is 1. The SMILES string of the molecule is C[C@H](CC[C@@H](O[C@@H]1O[C@H](CO[C@@H]2O[C@H](CO)[C@@H](O)[C@H](O)[C@H]2O)[C@@H](O)[C@H](O)[C@H]1O[C@@H]1O[C@H](CO)C[C@H](O)[C@H]1O)C(C)(C)O)[C@H]1CC[C@@]2(C)[C@@H]3CC=C4[C@@H](CC[C@H](O[C@@H]5O[C@H](CCO[C@@H]6O[C@H](CO[C@@H]7O[C@H](CO)[C@@H](O)[C@H](O)[C@H]7O)[C@@H](O)[C@H](O)[C@H]6O)[C@@H](O)[C@H](O)[C@H]5O)C4(C)C)[C@]3(C)C(=O)C[C@]12C. The summed E-state index contributed by atoms with van der Waals surface area (Å²) in [5.74, 6) is -0.198. The minimum atomic E-state index is -1.91. The average Bonchev–Trinajstić information content (AvgIpc) is 1.24. The maximum absolute atomic E-state index is 15.5. The summed E-state index contributed by atoms with van der Waals surface area (Å²) in [6.45, 7) is 12.2. The van der Waals surface area contributed by atoms with Gasteiger partial charge in [0.15, 0.2) is 37.7 Å². The van der Waals surface area contributed by atoms with Gasteiger partial charge < -0.3 is 159 Å². The maximum atomic E-state index is 15.5. The molecule has 0 aromatic carbocycles. The van der Waals surface area contributed by atoms with E-state index < -0.39 is 245 Å². The number of ketones is 1. The second kappa shape index (κ2) is 31.8. The van der Waals surface area contributed by atoms with E-state index >= 15 is 4.79 Å². The third-order valence-electron chi connectivity index (χ3n) is 24.8. The number of fused-ring (bicyclic) bond motifs is 5. The Kier molecular flexibility index (Phi) is 25.6. The van der Waals surface area contributed by atoms with E-state index in [-0.39, 0.29) is 67.2 Å². The van der Waals surface area contributed by atoms with E-state index in [1.54, 1.807) is 0 Å². The van der Waals surface area contributed by atoms with Gasteiger partial charge in [-0.1, -0.05) is 53.2 Å². The number of allylic oxidation sites excluding steroid dienone is 1. The monoisotopic (exact) mass is 1440 g/mol. The molecule has 0 radical (unpaired) electrons. The normalized spacial score (nSPS) is 50.6. The van der Waals surface area contributed by atoms with Crippen LogP contribution >= 0.6 is 0 Å². The maximum Gasteiger partial charge on any atom is 0.187 e. The van der Waals surface area contributed by atoms with Crippen molar-refractivity contribution >= 4 is 5.78 Å². The summed E-state index contributed by atoms with van der Waals surface area (Å²) in [7, 11) is 0. The van der Waals surface area contributed by atoms with Gasteiger partial charge >= 0.3 is 0 Å². The highest BCUT2D eigenvalue weighted by molar-refractivity contribution is 5.88. The molecular weight excluding hydrogens is 1330 g/mol. The van der Waals surface area contributed by atoms with Crippen LogP contribution in [0.5, 0.6) is 0 Å². The van der Waals surface area contributed by atoms with Gasteiger partial charge in [0, 0.05) is 23.7 Å². The molecule has 4 aliphatic carbocycles. The Bertz CT molecular complexity index is 2710. The average molecular weight is 1450 g/mol. The molecule has 38 atom stereocenters. The van der Waals surface area contributed by atoms with Crippen molar-refractivity contribution in [3.63, 3.8) is 0 Å². The first-order valence-electron chi connectivity index (χ1n) is 35.3. The molecule has 20 N–H and O–H groups in total. The number of hydrogen-bond donors (Lipinski definition) is 20. The largest absolute Gasteiger partial charge is 0.394 e. The van der Waals surface area contributed by atoms with Crippen LogP contribution in [0.25, 0.3) is 0 Å². The van der Waals surface area contributed by atoms with Crippen molar-refractivity contribution in [2.45, 2.75) is 316 Å². The number of ether oxygens (including phenoxy) is 12. The molecule has 10 rings (SSSR count). The predicted octanol–water partition coefficient (Wildman–Crippen LogP) is -5.96. The van der Waals surface area contributed by atoms with Crippen molar-refractivity contribution < 1.29 is 164 Å². The predicted molar refractivity (Wildman–Crippen MR) is 335 cm³/mol. The molecule has 6 heterocycles. The molecular formula is C67H112O33. The molecule has 33 nitrogen and oxygen atoms in total. The Morgan fingerprint density at radius 2 is 1.02 bits per heavy atom. The van der Waals surface area contributed by atoms with Crippen molar-refractivity contribution in [1.82, 2.24) is 0 Å². The smallest absolute Gasteiger partial charge is 0.187 e. The van der Waals surface area contributed by atoms with Crippen LogP contribution in [0.2, 0.25) is 0 Å². The van der Waals surface area contributed by atoms with E-state index in [4.69, 9.17) is 56.8 Å². The molecule has 3 saturated carbocycles. The van der Waals surface area contributed by atoms with E-state index in [0.717, 1.165) is 18.4 Å². The summed E-state index contributed by atoms with van der Waals surface area (Å²) in [6.07, 6.45) is -42.8. The summed E-state index contributed by atoms with van der Waals surface area (Å²) in [6, 6.07) is 0. The summed E-state index contributed by atoms with van der Waals surface area (Å²) >= 11 is 0. The third-order valence-corrected chi connectivity index (χ3v) is 24.8. The Balaban J connectivity index is 0.781. The standard InChI is InChI=1S/C67H112O33/c1-26(9-13-40(64(4,5)88)99-62-56(100-60-41(73)31(71)19-27(21-68)92-60)51(83)46(78)36(97-62)25-91-59-54(86)49(81)44(76)34(23-70)95-59)28-15-17-65(6)37-12-10-29-30(67(37,8)38(72)20-66(28,65)7)11-14-39(63(29,2)3)98-61-55(87)47(79)42(74)32(93-61)16-18-89-57-52(84)50(82)45(77)35(96-57)24-90-58-53(85)48(80)43(75)33(22-69)94-58/h10,26-28,30-37,39-62,68-71,73-88H,9,11-25H2,1-8H3/t26-,27+,28-,30-,31+,32-,33-,34-,35-,36-,37+,39+,40-,41-,42-,43-,44-,45-,46-,47+,48+,49+,50+,51+,52-,53-,54-,55-,56-,57-,58-,59-,60+,61+,62+,65+,66-,67+/m1/s1. The quantitative estimate of drug-likeness (QED) is 0.0400. The van der Waals surface area contributed by atoms with Crippen LogP contribution in [0.15, 0.2) is 11.6 Å². The zero-order valence-electron chi connectivity index (χ0n) is 57.8. The summed E-state index contributed by atoms with van der Waals surface area (Å²) in [5.41, 5.74) is -2.99. The van der Waals surface area contributed by atoms with Crippen molar-refractivity contribution in [3.8, 4) is 0 Å². The van der Waals surface area contributed by atoms with Crippen LogP contribution in [-0.2, 0) is 61.6 Å². The van der Waals surface area contributed by atoms with Gasteiger partial charge in [0.2, 0.25) is 0 Å². The second-order valence-corrected chi connectivity index (χ2v) is 31.6. The topological polar surface area (TPSA) is 532 Å². The highest BCUT2D eigenvalue weighted by Gasteiger charge is 2.71. The Hall–Kier alpha value is -1.87. The van der Waals surface area contributed by atoms with Crippen LogP contribution in [0, 0.1) is 45.3 Å². The van der Waals surface area contributed by atoms with Crippen LogP contribution in [0.1, 0.15) is 120 Å². The molecule has 9 fully saturated rings. The van der Waals surface area contributed by atoms with E-state index in [9.17, 15) is 102 Å². The minimum Gasteiger partial charge on any atom is -0.394 e. The highest BCUT2D eigenvalue weighted by atomic mass is 16.8. The van der Waals surface area contributed by atoms with Gasteiger partial charge in [-0.3, -0.25) is 4.79 Å². The molecule has 0 unspecified atom stereocenters. The fourth-order valence-corrected chi connectivity index (χ4v) is 18.3. The molecule has 10 aliphatic rings. The first-order valence-corrected chi connectivity index (χ1v) is 35.3. The summed E-state index contributed by atoms with van der Waals surface area (Å²) in [5, 5.41) is 214. The van der Waals surface area contributed by atoms with Crippen molar-refractivity contribution in [2.24, 2.45) is 45.3 Å². The lowest BCUT2D eigenvalue weighted by Gasteiger charge is -2.65. The molecule has 0 amide bonds. The number of Topliss-reactive ketones (excluding diaryl/α,β-unsaturated/α-hetero) is 1. The van der Waals surface area contributed by atoms with Crippen LogP contribution in [-0.4, -0.2) is 343 Å². The van der Waals surface area contributed by atoms with Crippen LogP contribution < -0.4 is 0 Å². The lowest BCUT2D eigenvalue weighted by molar-refractivity contribution is -0.374. The van der Waals surface area contributed by atoms with E-state index in [2.05, 4.69) is 33.8 Å². The fourth-order valence-electron chi connectivity index (χ4n) is 18.3. The van der Waals surface area contributed by atoms with Gasteiger partial charge in [-0.05, 0) is 99.7 Å². The third kappa shape index (κ3) is 15.2.